The van der Waals surface area contributed by atoms with Gasteiger partial charge in [-0.3, -0.25) is 14.6 Å². The van der Waals surface area contributed by atoms with Crippen LogP contribution in [-0.4, -0.2) is 20.6 Å². The first-order valence-corrected chi connectivity index (χ1v) is 10.6. The number of aryl methyl sites for hydroxylation is 2. The number of carbonyl (C=O) groups excluding carboxylic acids is 1. The van der Waals surface area contributed by atoms with E-state index in [1.165, 1.54) is 0 Å². The Morgan fingerprint density at radius 1 is 1.09 bits per heavy atom. The van der Waals surface area contributed by atoms with E-state index in [-0.39, 0.29) is 29.6 Å². The molecule has 0 saturated carbocycles. The van der Waals surface area contributed by atoms with Crippen molar-refractivity contribution in [3.63, 3.8) is 0 Å². The molecule has 0 bridgehead atoms. The van der Waals surface area contributed by atoms with Gasteiger partial charge in [0.15, 0.2) is 0 Å². The Labute approximate surface area is 184 Å². The van der Waals surface area contributed by atoms with E-state index in [0.29, 0.717) is 24.3 Å². The van der Waals surface area contributed by atoms with E-state index in [9.17, 15) is 14.7 Å². The molecule has 6 heteroatoms. The third-order valence-corrected chi connectivity index (χ3v) is 6.04. The minimum atomic E-state index is -0.371. The lowest BCUT2D eigenvalue weighted by Crippen LogP contribution is -2.33. The summed E-state index contributed by atoms with van der Waals surface area (Å²) < 4.78 is 7.21. The van der Waals surface area contributed by atoms with Crippen molar-refractivity contribution in [1.29, 1.82) is 0 Å². The summed E-state index contributed by atoms with van der Waals surface area (Å²) in [5.74, 6) is -0.148. The Bertz CT molecular complexity index is 1390. The standard InChI is InChI=1S/C26H22N2O4/c1-16-13-23-25(26(31)28(16)12-10-17-4-7-20(29)8-5-17)21(15-24(30)32-23)18-6-9-22-19(14-18)3-2-11-27-22/h2-9,11,13-14,21,29H,10,12,15H2,1H3/t21-/m1/s1. The lowest BCUT2D eigenvalue weighted by molar-refractivity contribution is -0.135. The lowest BCUT2D eigenvalue weighted by atomic mass is 9.86. The van der Waals surface area contributed by atoms with Crippen LogP contribution in [0.5, 0.6) is 11.5 Å². The van der Waals surface area contributed by atoms with Crippen LogP contribution in [0, 0.1) is 6.92 Å². The smallest absolute Gasteiger partial charge is 0.312 e. The molecule has 0 unspecified atom stereocenters. The molecule has 6 nitrogen and oxygen atoms in total. The van der Waals surface area contributed by atoms with Crippen molar-refractivity contribution >= 4 is 16.9 Å². The Hall–Kier alpha value is -3.93. The molecule has 32 heavy (non-hydrogen) atoms. The molecular formula is C26H22N2O4. The van der Waals surface area contributed by atoms with Crippen molar-refractivity contribution in [1.82, 2.24) is 9.55 Å². The molecule has 0 aliphatic carbocycles. The molecule has 1 atom stereocenters. The van der Waals surface area contributed by atoms with Gasteiger partial charge in [0.1, 0.15) is 11.5 Å². The summed E-state index contributed by atoms with van der Waals surface area (Å²) in [6.45, 7) is 2.34. The highest BCUT2D eigenvalue weighted by Crippen LogP contribution is 2.37. The highest BCUT2D eigenvalue weighted by atomic mass is 16.5. The fourth-order valence-electron chi connectivity index (χ4n) is 4.37. The molecule has 2 aromatic carbocycles. The van der Waals surface area contributed by atoms with E-state index < -0.39 is 0 Å². The van der Waals surface area contributed by atoms with Crippen molar-refractivity contribution in [2.24, 2.45) is 0 Å². The molecule has 0 saturated heterocycles. The first-order chi connectivity index (χ1) is 15.5. The normalized spacial score (nSPS) is 15.4. The number of nitrogens with zero attached hydrogens (tertiary/aromatic N) is 2. The average molecular weight is 426 g/mol. The van der Waals surface area contributed by atoms with Gasteiger partial charge in [-0.25, -0.2) is 0 Å². The third kappa shape index (κ3) is 3.64. The molecule has 1 aliphatic rings. The topological polar surface area (TPSA) is 81.4 Å². The zero-order valence-corrected chi connectivity index (χ0v) is 17.6. The van der Waals surface area contributed by atoms with E-state index in [1.54, 1.807) is 29.0 Å². The number of fused-ring (bicyclic) bond motifs is 2. The minimum absolute atomic E-state index is 0.120. The lowest BCUT2D eigenvalue weighted by Gasteiger charge is -2.26. The Morgan fingerprint density at radius 2 is 1.91 bits per heavy atom. The van der Waals surface area contributed by atoms with E-state index in [2.05, 4.69) is 4.98 Å². The summed E-state index contributed by atoms with van der Waals surface area (Å²) in [6, 6.07) is 18.4. The summed E-state index contributed by atoms with van der Waals surface area (Å²) >= 11 is 0. The Balaban J connectivity index is 1.56. The van der Waals surface area contributed by atoms with Crippen LogP contribution in [0.1, 0.15) is 34.7 Å². The molecule has 0 radical (unpaired) electrons. The number of carbonyl (C=O) groups is 1. The predicted octanol–water partition coefficient (Wildman–Crippen LogP) is 4.09. The van der Waals surface area contributed by atoms with Gasteiger partial charge < -0.3 is 14.4 Å². The number of phenolic OH excluding ortho intramolecular Hbond substituents is 1. The Kier molecular flexibility index (Phi) is 4.98. The van der Waals surface area contributed by atoms with E-state index in [0.717, 1.165) is 27.7 Å². The molecule has 1 aliphatic heterocycles. The maximum absolute atomic E-state index is 13.6. The van der Waals surface area contributed by atoms with Gasteiger partial charge in [-0.15, -0.1) is 0 Å². The SMILES string of the molecule is Cc1cc2c(c(=O)n1CCc1ccc(O)cc1)[C@@H](c1ccc3ncccc3c1)CC(=O)O2. The van der Waals surface area contributed by atoms with Crippen molar-refractivity contribution < 1.29 is 14.6 Å². The molecule has 5 rings (SSSR count). The van der Waals surface area contributed by atoms with Crippen LogP contribution in [-0.2, 0) is 17.8 Å². The van der Waals surface area contributed by atoms with Gasteiger partial charge in [-0.2, -0.15) is 0 Å². The van der Waals surface area contributed by atoms with Gasteiger partial charge in [0.25, 0.3) is 5.56 Å². The number of hydrogen-bond acceptors (Lipinski definition) is 5. The quantitative estimate of drug-likeness (QED) is 0.497. The van der Waals surface area contributed by atoms with Crippen molar-refractivity contribution in [3.8, 4) is 11.5 Å². The zero-order chi connectivity index (χ0) is 22.2. The van der Waals surface area contributed by atoms with Crippen LogP contribution >= 0.6 is 0 Å². The monoisotopic (exact) mass is 426 g/mol. The van der Waals surface area contributed by atoms with Gasteiger partial charge in [0, 0.05) is 35.8 Å². The first kappa shape index (κ1) is 20.0. The summed E-state index contributed by atoms with van der Waals surface area (Å²) in [5, 5.41) is 10.5. The summed E-state index contributed by atoms with van der Waals surface area (Å²) in [6.07, 6.45) is 2.51. The largest absolute Gasteiger partial charge is 0.508 e. The summed E-state index contributed by atoms with van der Waals surface area (Å²) in [4.78, 5) is 30.3. The Morgan fingerprint density at radius 3 is 2.72 bits per heavy atom. The van der Waals surface area contributed by atoms with Crippen molar-refractivity contribution in [2.45, 2.75) is 32.2 Å². The van der Waals surface area contributed by atoms with E-state index in [1.807, 2.05) is 49.4 Å². The number of aromatic hydroxyl groups is 1. The van der Waals surface area contributed by atoms with Gasteiger partial charge in [0.05, 0.1) is 17.5 Å². The molecule has 0 amide bonds. The fourth-order valence-corrected chi connectivity index (χ4v) is 4.37. The highest BCUT2D eigenvalue weighted by Gasteiger charge is 2.32. The van der Waals surface area contributed by atoms with Gasteiger partial charge in [0.2, 0.25) is 0 Å². The molecular weight excluding hydrogens is 404 g/mol. The van der Waals surface area contributed by atoms with Crippen LogP contribution in [0.15, 0.2) is 71.7 Å². The second kappa shape index (κ2) is 7.96. The number of rotatable bonds is 4. The molecule has 160 valence electrons. The van der Waals surface area contributed by atoms with Crippen LogP contribution in [0.25, 0.3) is 10.9 Å². The van der Waals surface area contributed by atoms with Gasteiger partial charge in [-0.1, -0.05) is 24.3 Å². The molecule has 1 N–H and O–H groups in total. The number of benzene rings is 2. The van der Waals surface area contributed by atoms with Crippen LogP contribution in [0.3, 0.4) is 0 Å². The fraction of sp³-hybridized carbons (Fsp3) is 0.192. The highest BCUT2D eigenvalue weighted by molar-refractivity contribution is 5.81. The summed E-state index contributed by atoms with van der Waals surface area (Å²) in [7, 11) is 0. The van der Waals surface area contributed by atoms with Crippen LogP contribution in [0.2, 0.25) is 0 Å². The molecule has 3 heterocycles. The second-order valence-electron chi connectivity index (χ2n) is 8.12. The van der Waals surface area contributed by atoms with Crippen molar-refractivity contribution in [3.05, 3.63) is 99.6 Å². The summed E-state index contributed by atoms with van der Waals surface area (Å²) in [5.41, 5.74) is 3.91. The number of ether oxygens (including phenoxy) is 1. The molecule has 0 spiro atoms. The first-order valence-electron chi connectivity index (χ1n) is 10.6. The van der Waals surface area contributed by atoms with Crippen LogP contribution < -0.4 is 10.3 Å². The predicted molar refractivity (Wildman–Crippen MR) is 121 cm³/mol. The number of pyridine rings is 2. The van der Waals surface area contributed by atoms with E-state index >= 15 is 0 Å². The average Bonchev–Trinajstić information content (AvgIpc) is 2.79. The number of hydrogen-bond donors (Lipinski definition) is 1. The second-order valence-corrected chi connectivity index (χ2v) is 8.12. The molecule has 2 aromatic heterocycles. The zero-order valence-electron chi connectivity index (χ0n) is 17.6. The minimum Gasteiger partial charge on any atom is -0.508 e. The van der Waals surface area contributed by atoms with Gasteiger partial charge >= 0.3 is 5.97 Å². The molecule has 0 fully saturated rings. The number of aromatic nitrogens is 2. The van der Waals surface area contributed by atoms with E-state index in [4.69, 9.17) is 4.74 Å². The van der Waals surface area contributed by atoms with Crippen molar-refractivity contribution in [2.75, 3.05) is 0 Å². The molecule has 4 aromatic rings. The maximum atomic E-state index is 13.6. The van der Waals surface area contributed by atoms with Gasteiger partial charge in [-0.05, 0) is 54.8 Å². The third-order valence-electron chi connectivity index (χ3n) is 6.04. The number of esters is 1. The maximum Gasteiger partial charge on any atom is 0.312 e. The van der Waals surface area contributed by atoms with Crippen LogP contribution in [0.4, 0.5) is 0 Å². The number of phenols is 1.